The fourth-order valence-corrected chi connectivity index (χ4v) is 4.13. The van der Waals surface area contributed by atoms with Crippen molar-refractivity contribution in [1.29, 1.82) is 0 Å². The van der Waals surface area contributed by atoms with Gasteiger partial charge in [0.05, 0.1) is 0 Å². The highest BCUT2D eigenvalue weighted by Gasteiger charge is 2.19. The number of ether oxygens (including phenoxy) is 1. The predicted octanol–water partition coefficient (Wildman–Crippen LogP) is 5.12. The van der Waals surface area contributed by atoms with Gasteiger partial charge in [0.1, 0.15) is 11.3 Å². The Hall–Kier alpha value is -3.34. The van der Waals surface area contributed by atoms with Crippen molar-refractivity contribution in [3.63, 3.8) is 0 Å². The lowest BCUT2D eigenvalue weighted by Gasteiger charge is -2.12. The van der Waals surface area contributed by atoms with Crippen LogP contribution in [0.15, 0.2) is 51.7 Å². The summed E-state index contributed by atoms with van der Waals surface area (Å²) in [6.07, 6.45) is 1.75. The van der Waals surface area contributed by atoms with E-state index in [0.29, 0.717) is 16.9 Å². The molecule has 4 aromatic rings. The zero-order valence-electron chi connectivity index (χ0n) is 17.7. The molecule has 0 saturated carbocycles. The number of aryl methyl sites for hydroxylation is 3. The van der Waals surface area contributed by atoms with Gasteiger partial charge >= 0.3 is 5.63 Å². The minimum Gasteiger partial charge on any atom is -0.485 e. The second kappa shape index (κ2) is 7.82. The molecule has 0 aliphatic carbocycles. The molecular formula is C25H25NO4. The highest BCUT2D eigenvalue weighted by atomic mass is 16.5. The lowest BCUT2D eigenvalue weighted by atomic mass is 10.0. The van der Waals surface area contributed by atoms with Crippen LogP contribution in [0.5, 0.6) is 5.75 Å². The summed E-state index contributed by atoms with van der Waals surface area (Å²) in [6, 6.07) is 13.2. The first-order chi connectivity index (χ1) is 14.4. The molecule has 2 aromatic heterocycles. The SMILES string of the molecule is CCCc1cc(=O)oc2c(C)c(OCC(=O)c3c(C)n(C)c4ccccc34)ccc12. The van der Waals surface area contributed by atoms with Crippen LogP contribution in [0.3, 0.4) is 0 Å². The summed E-state index contributed by atoms with van der Waals surface area (Å²) >= 11 is 0. The van der Waals surface area contributed by atoms with Gasteiger partial charge in [-0.1, -0.05) is 31.5 Å². The number of Topliss-reactive ketones (excluding diaryl/α,β-unsaturated/α-hetero) is 1. The third-order valence-electron chi connectivity index (χ3n) is 5.75. The lowest BCUT2D eigenvalue weighted by Crippen LogP contribution is -2.13. The zero-order valence-corrected chi connectivity index (χ0v) is 17.7. The van der Waals surface area contributed by atoms with Gasteiger partial charge in [0.15, 0.2) is 6.61 Å². The number of hydrogen-bond acceptors (Lipinski definition) is 4. The van der Waals surface area contributed by atoms with Gasteiger partial charge < -0.3 is 13.7 Å². The molecular weight excluding hydrogens is 378 g/mol. The number of ketones is 1. The number of carbonyl (C=O) groups is 1. The van der Waals surface area contributed by atoms with Crippen LogP contribution in [0.2, 0.25) is 0 Å². The highest BCUT2D eigenvalue weighted by molar-refractivity contribution is 6.10. The molecule has 0 radical (unpaired) electrons. The first kappa shape index (κ1) is 20.0. The molecule has 0 aliphatic rings. The zero-order chi connectivity index (χ0) is 21.4. The number of hydrogen-bond donors (Lipinski definition) is 0. The van der Waals surface area contributed by atoms with E-state index < -0.39 is 0 Å². The molecule has 0 aliphatic heterocycles. The van der Waals surface area contributed by atoms with Crippen LogP contribution in [-0.2, 0) is 13.5 Å². The van der Waals surface area contributed by atoms with Crippen LogP contribution < -0.4 is 10.4 Å². The number of fused-ring (bicyclic) bond motifs is 2. The molecule has 2 aromatic carbocycles. The Morgan fingerprint density at radius 3 is 2.63 bits per heavy atom. The average Bonchev–Trinajstić information content (AvgIpc) is 2.99. The summed E-state index contributed by atoms with van der Waals surface area (Å²) in [4.78, 5) is 25.0. The summed E-state index contributed by atoms with van der Waals surface area (Å²) in [5.41, 5.74) is 4.47. The third-order valence-corrected chi connectivity index (χ3v) is 5.75. The molecule has 0 N–H and O–H groups in total. The smallest absolute Gasteiger partial charge is 0.336 e. The summed E-state index contributed by atoms with van der Waals surface area (Å²) in [6.45, 7) is 5.79. The van der Waals surface area contributed by atoms with E-state index in [1.165, 1.54) is 0 Å². The van der Waals surface area contributed by atoms with Gasteiger partial charge in [-0.25, -0.2) is 4.79 Å². The summed E-state index contributed by atoms with van der Waals surface area (Å²) in [5, 5.41) is 1.84. The average molecular weight is 403 g/mol. The van der Waals surface area contributed by atoms with Crippen LogP contribution in [0, 0.1) is 13.8 Å². The molecule has 0 bridgehead atoms. The van der Waals surface area contributed by atoms with Crippen LogP contribution in [-0.4, -0.2) is 17.0 Å². The van der Waals surface area contributed by atoms with E-state index in [1.54, 1.807) is 6.07 Å². The number of para-hydroxylation sites is 1. The van der Waals surface area contributed by atoms with E-state index in [0.717, 1.165) is 46.0 Å². The molecule has 0 spiro atoms. The van der Waals surface area contributed by atoms with E-state index >= 15 is 0 Å². The third kappa shape index (κ3) is 3.30. The minimum atomic E-state index is -0.367. The quantitative estimate of drug-likeness (QED) is 0.331. The van der Waals surface area contributed by atoms with Gasteiger partial charge in [-0.2, -0.15) is 0 Å². The Morgan fingerprint density at radius 2 is 1.87 bits per heavy atom. The minimum absolute atomic E-state index is 0.0787. The molecule has 4 rings (SSSR count). The monoisotopic (exact) mass is 403 g/mol. The van der Waals surface area contributed by atoms with Crippen molar-refractivity contribution < 1.29 is 13.9 Å². The van der Waals surface area contributed by atoms with Crippen LogP contribution in [0.1, 0.15) is 40.5 Å². The standard InChI is InChI=1S/C25H25NO4/c1-5-8-17-13-23(28)30-25-15(2)22(12-11-18(17)25)29-14-21(27)24-16(3)26(4)20-10-7-6-9-19(20)24/h6-7,9-13H,5,8,14H2,1-4H3. The van der Waals surface area contributed by atoms with Gasteiger partial charge in [0.25, 0.3) is 0 Å². The molecule has 0 saturated heterocycles. The van der Waals surface area contributed by atoms with Gasteiger partial charge in [0.2, 0.25) is 5.78 Å². The van der Waals surface area contributed by atoms with Crippen molar-refractivity contribution in [3.05, 3.63) is 75.3 Å². The molecule has 2 heterocycles. The number of benzene rings is 2. The topological polar surface area (TPSA) is 61.4 Å². The summed E-state index contributed by atoms with van der Waals surface area (Å²) < 4.78 is 13.4. The Kier molecular flexibility index (Phi) is 5.20. The fraction of sp³-hybridized carbons (Fsp3) is 0.280. The number of rotatable bonds is 6. The van der Waals surface area contributed by atoms with Crippen molar-refractivity contribution in [2.45, 2.75) is 33.6 Å². The molecule has 0 fully saturated rings. The van der Waals surface area contributed by atoms with Crippen LogP contribution in [0.4, 0.5) is 0 Å². The summed E-state index contributed by atoms with van der Waals surface area (Å²) in [7, 11) is 1.96. The number of carbonyl (C=O) groups excluding carboxylic acids is 1. The van der Waals surface area contributed by atoms with Gasteiger partial charge in [-0.3, -0.25) is 4.79 Å². The Balaban J connectivity index is 1.66. The van der Waals surface area contributed by atoms with Crippen LogP contribution in [0.25, 0.3) is 21.9 Å². The first-order valence-corrected chi connectivity index (χ1v) is 10.2. The number of nitrogens with zero attached hydrogens (tertiary/aromatic N) is 1. The molecule has 0 amide bonds. The molecule has 30 heavy (non-hydrogen) atoms. The van der Waals surface area contributed by atoms with Gasteiger partial charge in [-0.15, -0.1) is 0 Å². The molecule has 0 unspecified atom stereocenters. The van der Waals surface area contributed by atoms with Crippen molar-refractivity contribution in [2.24, 2.45) is 7.05 Å². The second-order valence-corrected chi connectivity index (χ2v) is 7.65. The van der Waals surface area contributed by atoms with Crippen molar-refractivity contribution in [2.75, 3.05) is 6.61 Å². The first-order valence-electron chi connectivity index (χ1n) is 10.2. The van der Waals surface area contributed by atoms with Gasteiger partial charge in [-0.05, 0) is 44.0 Å². The largest absolute Gasteiger partial charge is 0.485 e. The molecule has 0 atom stereocenters. The van der Waals surface area contributed by atoms with Crippen molar-refractivity contribution in [3.8, 4) is 5.75 Å². The number of aromatic nitrogens is 1. The normalized spacial score (nSPS) is 11.3. The second-order valence-electron chi connectivity index (χ2n) is 7.65. The summed E-state index contributed by atoms with van der Waals surface area (Å²) in [5.74, 6) is 0.468. The lowest BCUT2D eigenvalue weighted by molar-refractivity contribution is 0.0922. The maximum absolute atomic E-state index is 13.0. The van der Waals surface area contributed by atoms with E-state index in [4.69, 9.17) is 9.15 Å². The maximum atomic E-state index is 13.0. The Bertz CT molecular complexity index is 1330. The van der Waals surface area contributed by atoms with E-state index in [1.807, 2.05) is 61.9 Å². The van der Waals surface area contributed by atoms with Crippen molar-refractivity contribution >= 4 is 27.7 Å². The Labute approximate surface area is 174 Å². The molecule has 5 nitrogen and oxygen atoms in total. The van der Waals surface area contributed by atoms with Gasteiger partial charge in [0, 0.05) is 46.2 Å². The maximum Gasteiger partial charge on any atom is 0.336 e. The van der Waals surface area contributed by atoms with Crippen LogP contribution >= 0.6 is 0 Å². The Morgan fingerprint density at radius 1 is 1.10 bits per heavy atom. The van der Waals surface area contributed by atoms with E-state index in [9.17, 15) is 9.59 Å². The highest BCUT2D eigenvalue weighted by Crippen LogP contribution is 2.30. The molecule has 5 heteroatoms. The fourth-order valence-electron chi connectivity index (χ4n) is 4.13. The van der Waals surface area contributed by atoms with E-state index in [2.05, 4.69) is 6.92 Å². The molecule has 154 valence electrons. The predicted molar refractivity (Wildman–Crippen MR) is 119 cm³/mol. The van der Waals surface area contributed by atoms with Crippen molar-refractivity contribution in [1.82, 2.24) is 4.57 Å². The van der Waals surface area contributed by atoms with E-state index in [-0.39, 0.29) is 18.0 Å².